The molecule has 0 amide bonds. The quantitative estimate of drug-likeness (QED) is 0.592. The van der Waals surface area contributed by atoms with Gasteiger partial charge < -0.3 is 4.74 Å². The lowest BCUT2D eigenvalue weighted by atomic mass is 10.1. The van der Waals surface area contributed by atoms with E-state index in [9.17, 15) is 0 Å². The molecule has 2 heterocycles. The molecule has 0 fully saturated rings. The third kappa shape index (κ3) is 1.21. The monoisotopic (exact) mass is 200 g/mol. The molecule has 0 aliphatic carbocycles. The SMILES string of the molecule is Cc1cc2c3c(ccc2[n+](C)c1)CCO3. The van der Waals surface area contributed by atoms with Gasteiger partial charge in [-0.2, -0.15) is 0 Å². The van der Waals surface area contributed by atoms with Crippen LogP contribution in [-0.4, -0.2) is 6.61 Å². The Kier molecular flexibility index (Phi) is 1.72. The Balaban J connectivity index is 2.44. The summed E-state index contributed by atoms with van der Waals surface area (Å²) in [6.07, 6.45) is 3.19. The maximum absolute atomic E-state index is 5.71. The number of nitrogens with zero attached hydrogens (tertiary/aromatic N) is 1. The fraction of sp³-hybridized carbons (Fsp3) is 0.308. The van der Waals surface area contributed by atoms with Gasteiger partial charge in [0.15, 0.2) is 6.20 Å². The predicted octanol–water partition coefficient (Wildman–Crippen LogP) is 1.91. The highest BCUT2D eigenvalue weighted by Crippen LogP contribution is 2.32. The molecular weight excluding hydrogens is 186 g/mol. The van der Waals surface area contributed by atoms with E-state index in [0.29, 0.717) is 0 Å². The van der Waals surface area contributed by atoms with Gasteiger partial charge in [-0.3, -0.25) is 0 Å². The second kappa shape index (κ2) is 2.96. The summed E-state index contributed by atoms with van der Waals surface area (Å²) in [5, 5.41) is 1.24. The van der Waals surface area contributed by atoms with E-state index < -0.39 is 0 Å². The van der Waals surface area contributed by atoms with Gasteiger partial charge >= 0.3 is 0 Å². The lowest BCUT2D eigenvalue weighted by Gasteiger charge is -2.04. The van der Waals surface area contributed by atoms with Crippen LogP contribution in [0.3, 0.4) is 0 Å². The molecule has 0 radical (unpaired) electrons. The molecule has 3 rings (SSSR count). The second-order valence-corrected chi connectivity index (χ2v) is 4.21. The zero-order valence-electron chi connectivity index (χ0n) is 9.08. The van der Waals surface area contributed by atoms with Gasteiger partial charge in [-0.1, -0.05) is 0 Å². The van der Waals surface area contributed by atoms with Crippen molar-refractivity contribution in [1.82, 2.24) is 0 Å². The van der Waals surface area contributed by atoms with E-state index in [4.69, 9.17) is 4.74 Å². The van der Waals surface area contributed by atoms with Crippen LogP contribution >= 0.6 is 0 Å². The zero-order valence-corrected chi connectivity index (χ0v) is 9.08. The van der Waals surface area contributed by atoms with Crippen LogP contribution in [0.5, 0.6) is 5.75 Å². The first-order valence-electron chi connectivity index (χ1n) is 5.30. The van der Waals surface area contributed by atoms with Gasteiger partial charge in [0, 0.05) is 18.1 Å². The van der Waals surface area contributed by atoms with Crippen molar-refractivity contribution >= 4 is 10.9 Å². The van der Waals surface area contributed by atoms with Crippen LogP contribution < -0.4 is 9.30 Å². The summed E-state index contributed by atoms with van der Waals surface area (Å²) in [5.74, 6) is 1.09. The lowest BCUT2D eigenvalue weighted by Crippen LogP contribution is -2.28. The first-order valence-corrected chi connectivity index (χ1v) is 5.30. The van der Waals surface area contributed by atoms with Crippen LogP contribution in [0.15, 0.2) is 24.4 Å². The summed E-state index contributed by atoms with van der Waals surface area (Å²) in [5.41, 5.74) is 3.85. The molecular formula is C13H14NO+. The predicted molar refractivity (Wildman–Crippen MR) is 59.1 cm³/mol. The minimum Gasteiger partial charge on any atom is -0.492 e. The number of hydrogen-bond donors (Lipinski definition) is 0. The van der Waals surface area contributed by atoms with Gasteiger partial charge in [-0.25, -0.2) is 4.57 Å². The van der Waals surface area contributed by atoms with E-state index in [1.165, 1.54) is 22.0 Å². The van der Waals surface area contributed by atoms with Crippen molar-refractivity contribution in [2.45, 2.75) is 13.3 Å². The Morgan fingerprint density at radius 2 is 2.20 bits per heavy atom. The molecule has 0 atom stereocenters. The first-order chi connectivity index (χ1) is 7.25. The Morgan fingerprint density at radius 1 is 1.33 bits per heavy atom. The van der Waals surface area contributed by atoms with Crippen LogP contribution in [0, 0.1) is 6.92 Å². The molecule has 0 spiro atoms. The van der Waals surface area contributed by atoms with Crippen LogP contribution in [0.2, 0.25) is 0 Å². The van der Waals surface area contributed by atoms with Crippen molar-refractivity contribution in [3.8, 4) is 5.75 Å². The summed E-state index contributed by atoms with van der Waals surface area (Å²) in [6.45, 7) is 2.94. The molecule has 0 bridgehead atoms. The van der Waals surface area contributed by atoms with E-state index in [1.807, 2.05) is 0 Å². The summed E-state index contributed by atoms with van der Waals surface area (Å²) >= 11 is 0. The molecule has 2 aromatic rings. The summed E-state index contributed by atoms with van der Waals surface area (Å²) < 4.78 is 7.87. The Morgan fingerprint density at radius 3 is 3.07 bits per heavy atom. The van der Waals surface area contributed by atoms with Crippen molar-refractivity contribution in [2.24, 2.45) is 7.05 Å². The zero-order chi connectivity index (χ0) is 10.4. The molecule has 0 saturated heterocycles. The number of aromatic nitrogens is 1. The minimum atomic E-state index is 0.825. The maximum atomic E-state index is 5.71. The molecule has 1 aliphatic heterocycles. The molecule has 2 nitrogen and oxygen atoms in total. The van der Waals surface area contributed by atoms with E-state index in [0.717, 1.165) is 18.8 Å². The molecule has 1 aromatic carbocycles. The smallest absolute Gasteiger partial charge is 0.216 e. The van der Waals surface area contributed by atoms with Gasteiger partial charge in [0.25, 0.3) is 0 Å². The van der Waals surface area contributed by atoms with Crippen molar-refractivity contribution in [2.75, 3.05) is 6.61 Å². The molecule has 1 aliphatic rings. The Hall–Kier alpha value is -1.57. The van der Waals surface area contributed by atoms with Crippen LogP contribution in [-0.2, 0) is 13.5 Å². The highest BCUT2D eigenvalue weighted by molar-refractivity contribution is 5.85. The van der Waals surface area contributed by atoms with E-state index in [1.54, 1.807) is 0 Å². The van der Waals surface area contributed by atoms with Gasteiger partial charge in [-0.15, -0.1) is 0 Å². The molecule has 76 valence electrons. The highest BCUT2D eigenvalue weighted by Gasteiger charge is 2.19. The number of hydrogen-bond acceptors (Lipinski definition) is 1. The lowest BCUT2D eigenvalue weighted by molar-refractivity contribution is -0.645. The molecule has 0 unspecified atom stereocenters. The normalized spacial score (nSPS) is 14.0. The van der Waals surface area contributed by atoms with Gasteiger partial charge in [0.05, 0.1) is 12.0 Å². The number of fused-ring (bicyclic) bond motifs is 3. The summed E-state index contributed by atoms with van der Waals surface area (Å²) in [4.78, 5) is 0. The standard InChI is InChI=1S/C13H14NO/c1-9-7-11-12(14(2)8-9)4-3-10-5-6-15-13(10)11/h3-4,7-8H,5-6H2,1-2H3/q+1. The van der Waals surface area contributed by atoms with Gasteiger partial charge in [-0.05, 0) is 24.6 Å². The van der Waals surface area contributed by atoms with Gasteiger partial charge in [0.1, 0.15) is 12.8 Å². The van der Waals surface area contributed by atoms with Crippen molar-refractivity contribution in [3.05, 3.63) is 35.5 Å². The third-order valence-corrected chi connectivity index (χ3v) is 3.02. The van der Waals surface area contributed by atoms with Crippen molar-refractivity contribution < 1.29 is 9.30 Å². The maximum Gasteiger partial charge on any atom is 0.216 e. The van der Waals surface area contributed by atoms with Crippen molar-refractivity contribution in [3.63, 3.8) is 0 Å². The molecule has 1 aromatic heterocycles. The fourth-order valence-corrected chi connectivity index (χ4v) is 2.35. The molecule has 2 heteroatoms. The van der Waals surface area contributed by atoms with Crippen LogP contribution in [0.1, 0.15) is 11.1 Å². The molecule has 15 heavy (non-hydrogen) atoms. The average Bonchev–Trinajstić information content (AvgIpc) is 2.65. The van der Waals surface area contributed by atoms with E-state index in [2.05, 4.69) is 42.9 Å². The number of aryl methyl sites for hydroxylation is 2. The first kappa shape index (κ1) is 8.72. The highest BCUT2D eigenvalue weighted by atomic mass is 16.5. The minimum absolute atomic E-state index is 0.825. The Bertz CT molecular complexity index is 546. The number of pyridine rings is 1. The van der Waals surface area contributed by atoms with Crippen LogP contribution in [0.25, 0.3) is 10.9 Å². The molecule has 0 saturated carbocycles. The number of benzene rings is 1. The average molecular weight is 200 g/mol. The largest absolute Gasteiger partial charge is 0.492 e. The third-order valence-electron chi connectivity index (χ3n) is 3.02. The second-order valence-electron chi connectivity index (χ2n) is 4.21. The van der Waals surface area contributed by atoms with Gasteiger partial charge in [0.2, 0.25) is 5.52 Å². The molecule has 0 N–H and O–H groups in total. The van der Waals surface area contributed by atoms with Crippen LogP contribution in [0.4, 0.5) is 0 Å². The van der Waals surface area contributed by atoms with E-state index in [-0.39, 0.29) is 0 Å². The van der Waals surface area contributed by atoms with Crippen molar-refractivity contribution in [1.29, 1.82) is 0 Å². The topological polar surface area (TPSA) is 13.1 Å². The number of rotatable bonds is 0. The summed E-state index contributed by atoms with van der Waals surface area (Å²) in [6, 6.07) is 6.57. The number of ether oxygens (including phenoxy) is 1. The Labute approximate surface area is 89.1 Å². The van der Waals surface area contributed by atoms with E-state index >= 15 is 0 Å². The summed E-state index contributed by atoms with van der Waals surface area (Å²) in [7, 11) is 2.08. The fourth-order valence-electron chi connectivity index (χ4n) is 2.35.